The third kappa shape index (κ3) is 6.83. The van der Waals surface area contributed by atoms with E-state index in [2.05, 4.69) is 15.2 Å². The molecular formula is C30H31F3N4O3S2. The maximum absolute atomic E-state index is 16.1. The lowest BCUT2D eigenvalue weighted by atomic mass is 10.0. The molecule has 1 fully saturated rings. The smallest absolute Gasteiger partial charge is 0.185 e. The van der Waals surface area contributed by atoms with Gasteiger partial charge in [-0.3, -0.25) is 0 Å². The molecule has 0 saturated carbocycles. The zero-order valence-electron chi connectivity index (χ0n) is 23.2. The molecule has 3 heterocycles. The maximum Gasteiger partial charge on any atom is 0.185 e. The van der Waals surface area contributed by atoms with E-state index in [1.54, 1.807) is 18.3 Å². The fourth-order valence-electron chi connectivity index (χ4n) is 4.78. The van der Waals surface area contributed by atoms with Crippen molar-refractivity contribution in [2.75, 3.05) is 45.7 Å². The first kappa shape index (κ1) is 30.1. The van der Waals surface area contributed by atoms with Gasteiger partial charge in [-0.25, -0.2) is 31.6 Å². The average Bonchev–Trinajstić information content (AvgIpc) is 3.41. The summed E-state index contributed by atoms with van der Waals surface area (Å²) in [7, 11) is -0.426. The molecule has 2 aromatic carbocycles. The summed E-state index contributed by atoms with van der Waals surface area (Å²) < 4.78 is 75.8. The second kappa shape index (κ2) is 12.9. The number of anilines is 1. The Balaban J connectivity index is 1.55. The van der Waals surface area contributed by atoms with Gasteiger partial charge in [0.25, 0.3) is 0 Å². The van der Waals surface area contributed by atoms with E-state index in [4.69, 9.17) is 9.72 Å². The Hall–Kier alpha value is -3.32. The Morgan fingerprint density at radius 2 is 1.86 bits per heavy atom. The molecule has 0 radical (unpaired) electrons. The van der Waals surface area contributed by atoms with E-state index in [0.717, 1.165) is 47.0 Å². The Morgan fingerprint density at radius 1 is 1.07 bits per heavy atom. The topological polar surface area (TPSA) is 84.4 Å². The van der Waals surface area contributed by atoms with Gasteiger partial charge >= 0.3 is 0 Å². The third-order valence-electron chi connectivity index (χ3n) is 7.01. The summed E-state index contributed by atoms with van der Waals surface area (Å²) in [4.78, 5) is 11.3. The molecule has 0 unspecified atom stereocenters. The van der Waals surface area contributed by atoms with Crippen LogP contribution in [0.2, 0.25) is 0 Å². The Labute approximate surface area is 247 Å². The molecule has 7 nitrogen and oxygen atoms in total. The number of thiazole rings is 1. The first-order chi connectivity index (χ1) is 20.1. The van der Waals surface area contributed by atoms with Crippen LogP contribution in [0.15, 0.2) is 59.6 Å². The fourth-order valence-corrected chi connectivity index (χ4v) is 7.47. The van der Waals surface area contributed by atoms with E-state index < -0.39 is 37.9 Å². The van der Waals surface area contributed by atoms with Crippen LogP contribution in [-0.4, -0.2) is 63.7 Å². The lowest BCUT2D eigenvalue weighted by Gasteiger charge is -2.19. The van der Waals surface area contributed by atoms with Crippen molar-refractivity contribution in [2.45, 2.75) is 29.4 Å². The highest BCUT2D eigenvalue weighted by molar-refractivity contribution is 7.90. The summed E-state index contributed by atoms with van der Waals surface area (Å²) in [6.07, 6.45) is 3.26. The molecule has 222 valence electrons. The van der Waals surface area contributed by atoms with E-state index in [-0.39, 0.29) is 17.0 Å². The van der Waals surface area contributed by atoms with Crippen molar-refractivity contribution in [2.24, 2.45) is 0 Å². The predicted octanol–water partition coefficient (Wildman–Crippen LogP) is 6.13. The minimum Gasteiger partial charge on any atom is -0.381 e. The SMILES string of the molecule is CN(C)CCNc1cc(-c2sc(C3CCOCC3)nc2-c2cccc(CS(=O)(=O)c3cc(F)ccc3F)c2F)ccn1. The standard InChI is InChI=1S/C30H31F3N4O3S2/c1-37(2)13-12-35-26-16-20(8-11-34-26)29-28(36-30(41-29)19-9-14-40-15-10-19)23-5-3-4-21(27(23)33)18-42(38,39)25-17-22(31)6-7-24(25)32/h3-8,11,16-17,19H,9-10,12-15,18H2,1-2H3,(H,34,35). The van der Waals surface area contributed by atoms with E-state index in [9.17, 15) is 17.2 Å². The van der Waals surface area contributed by atoms with Crippen LogP contribution in [-0.2, 0) is 20.3 Å². The molecule has 0 amide bonds. The first-order valence-electron chi connectivity index (χ1n) is 13.5. The number of pyridine rings is 1. The monoisotopic (exact) mass is 616 g/mol. The summed E-state index contributed by atoms with van der Waals surface area (Å²) >= 11 is 1.47. The summed E-state index contributed by atoms with van der Waals surface area (Å²) in [6.45, 7) is 2.72. The molecule has 4 aromatic rings. The molecular weight excluding hydrogens is 585 g/mol. The van der Waals surface area contributed by atoms with Crippen LogP contribution >= 0.6 is 11.3 Å². The number of benzene rings is 2. The van der Waals surface area contributed by atoms with Gasteiger partial charge in [0, 0.05) is 49.5 Å². The van der Waals surface area contributed by atoms with Gasteiger partial charge in [-0.1, -0.05) is 12.1 Å². The second-order valence-corrected chi connectivity index (χ2v) is 13.4. The van der Waals surface area contributed by atoms with Gasteiger partial charge in [-0.05, 0) is 68.9 Å². The Morgan fingerprint density at radius 3 is 2.62 bits per heavy atom. The van der Waals surface area contributed by atoms with Crippen LogP contribution in [0.4, 0.5) is 19.0 Å². The largest absolute Gasteiger partial charge is 0.381 e. The number of likely N-dealkylation sites (N-methyl/N-ethyl adjacent to an activating group) is 1. The summed E-state index contributed by atoms with van der Waals surface area (Å²) in [5.41, 5.74) is 1.15. The number of nitrogens with one attached hydrogen (secondary N) is 1. The molecule has 42 heavy (non-hydrogen) atoms. The van der Waals surface area contributed by atoms with Crippen LogP contribution in [0.25, 0.3) is 21.7 Å². The van der Waals surface area contributed by atoms with Gasteiger partial charge in [0.15, 0.2) is 9.84 Å². The van der Waals surface area contributed by atoms with Crippen LogP contribution in [0.3, 0.4) is 0 Å². The number of sulfone groups is 1. The van der Waals surface area contributed by atoms with Gasteiger partial charge < -0.3 is 15.0 Å². The molecule has 2 aromatic heterocycles. The van der Waals surface area contributed by atoms with Crippen molar-refractivity contribution in [3.05, 3.63) is 82.8 Å². The molecule has 1 saturated heterocycles. The third-order valence-corrected chi connectivity index (χ3v) is 9.95. The maximum atomic E-state index is 16.1. The van der Waals surface area contributed by atoms with Gasteiger partial charge in [-0.2, -0.15) is 0 Å². The van der Waals surface area contributed by atoms with Gasteiger partial charge in [0.2, 0.25) is 0 Å². The zero-order chi connectivity index (χ0) is 29.9. The van der Waals surface area contributed by atoms with Crippen molar-refractivity contribution in [1.29, 1.82) is 0 Å². The molecule has 0 aliphatic carbocycles. The summed E-state index contributed by atoms with van der Waals surface area (Å²) in [5.74, 6) is -2.79. The number of rotatable bonds is 10. The number of halogens is 3. The minimum absolute atomic E-state index is 0.130. The van der Waals surface area contributed by atoms with Crippen LogP contribution in [0.5, 0.6) is 0 Å². The van der Waals surface area contributed by atoms with E-state index in [1.165, 1.54) is 17.4 Å². The number of ether oxygens (including phenoxy) is 1. The highest BCUT2D eigenvalue weighted by Gasteiger charge is 2.27. The van der Waals surface area contributed by atoms with Gasteiger partial charge in [0.05, 0.1) is 21.3 Å². The molecule has 0 spiro atoms. The van der Waals surface area contributed by atoms with E-state index in [0.29, 0.717) is 37.3 Å². The first-order valence-corrected chi connectivity index (χ1v) is 16.0. The molecule has 0 atom stereocenters. The second-order valence-electron chi connectivity index (χ2n) is 10.4. The molecule has 1 N–H and O–H groups in total. The average molecular weight is 617 g/mol. The van der Waals surface area contributed by atoms with Gasteiger partial charge in [-0.15, -0.1) is 11.3 Å². The van der Waals surface area contributed by atoms with E-state index >= 15 is 4.39 Å². The fraction of sp³-hybridized carbons (Fsp3) is 0.333. The number of hydrogen-bond donors (Lipinski definition) is 1. The Bertz CT molecular complexity index is 1670. The highest BCUT2D eigenvalue weighted by atomic mass is 32.2. The van der Waals surface area contributed by atoms with Crippen molar-refractivity contribution in [1.82, 2.24) is 14.9 Å². The molecule has 5 rings (SSSR count). The number of aromatic nitrogens is 2. The van der Waals surface area contributed by atoms with Crippen molar-refractivity contribution < 1.29 is 26.3 Å². The highest BCUT2D eigenvalue weighted by Crippen LogP contribution is 2.43. The van der Waals surface area contributed by atoms with Crippen LogP contribution in [0, 0.1) is 17.5 Å². The number of nitrogens with zero attached hydrogens (tertiary/aromatic N) is 3. The molecule has 0 bridgehead atoms. The van der Waals surface area contributed by atoms with E-state index in [1.807, 2.05) is 26.2 Å². The van der Waals surface area contributed by atoms with Crippen molar-refractivity contribution >= 4 is 27.0 Å². The van der Waals surface area contributed by atoms with Crippen molar-refractivity contribution in [3.63, 3.8) is 0 Å². The quantitative estimate of drug-likeness (QED) is 0.230. The Kier molecular flexibility index (Phi) is 9.26. The lowest BCUT2D eigenvalue weighted by molar-refractivity contribution is 0.0853. The van der Waals surface area contributed by atoms with Crippen molar-refractivity contribution in [3.8, 4) is 21.7 Å². The van der Waals surface area contributed by atoms with Gasteiger partial charge in [0.1, 0.15) is 28.2 Å². The summed E-state index contributed by atoms with van der Waals surface area (Å²) in [6, 6.07) is 10.3. The number of hydrogen-bond acceptors (Lipinski definition) is 8. The molecule has 1 aliphatic heterocycles. The zero-order valence-corrected chi connectivity index (χ0v) is 24.9. The normalized spacial score (nSPS) is 14.4. The minimum atomic E-state index is -4.39. The predicted molar refractivity (Wildman–Crippen MR) is 158 cm³/mol. The van der Waals surface area contributed by atoms with Crippen LogP contribution < -0.4 is 5.32 Å². The van der Waals surface area contributed by atoms with Crippen LogP contribution in [0.1, 0.15) is 29.3 Å². The summed E-state index contributed by atoms with van der Waals surface area (Å²) in [5, 5.41) is 4.15. The molecule has 12 heteroatoms. The molecule has 1 aliphatic rings. The lowest BCUT2D eigenvalue weighted by Crippen LogP contribution is -2.21.